The van der Waals surface area contributed by atoms with E-state index in [4.69, 9.17) is 5.11 Å². The molecule has 2 aromatic heterocycles. The molecular formula is C26H41N2O+. The number of rotatable bonds is 9. The molecule has 2 heterocycles. The zero-order chi connectivity index (χ0) is 21.7. The van der Waals surface area contributed by atoms with Gasteiger partial charge in [-0.1, -0.05) is 48.5 Å². The van der Waals surface area contributed by atoms with Gasteiger partial charge in [0, 0.05) is 24.5 Å². The summed E-state index contributed by atoms with van der Waals surface area (Å²) >= 11 is 0. The van der Waals surface area contributed by atoms with E-state index in [0.29, 0.717) is 12.5 Å². The molecule has 2 aromatic rings. The molecule has 1 atom stereocenters. The molecule has 0 aliphatic carbocycles. The van der Waals surface area contributed by atoms with Gasteiger partial charge in [-0.05, 0) is 64.7 Å². The van der Waals surface area contributed by atoms with Crippen LogP contribution in [0.3, 0.4) is 0 Å². The highest BCUT2D eigenvalue weighted by atomic mass is 16.3. The Labute approximate surface area is 178 Å². The van der Waals surface area contributed by atoms with Gasteiger partial charge in [-0.2, -0.15) is 0 Å². The number of nitrogens with zero attached hydrogens (tertiary/aromatic N) is 2. The van der Waals surface area contributed by atoms with Gasteiger partial charge in [-0.15, -0.1) is 0 Å². The first-order valence-electron chi connectivity index (χ1n) is 10.9. The minimum Gasteiger partial charge on any atom is -0.390 e. The molecule has 0 saturated heterocycles. The molecule has 0 bridgehead atoms. The molecule has 0 aliphatic heterocycles. The predicted molar refractivity (Wildman–Crippen MR) is 121 cm³/mol. The molecule has 0 fully saturated rings. The molecule has 160 valence electrons. The fourth-order valence-corrected chi connectivity index (χ4v) is 4.17. The van der Waals surface area contributed by atoms with E-state index < -0.39 is 0 Å². The van der Waals surface area contributed by atoms with Crippen LogP contribution in [0, 0.1) is 16.2 Å². The summed E-state index contributed by atoms with van der Waals surface area (Å²) in [5, 5.41) is 9.09. The van der Waals surface area contributed by atoms with Crippen LogP contribution in [0.25, 0.3) is 0 Å². The average Bonchev–Trinajstić information content (AvgIpc) is 2.65. The van der Waals surface area contributed by atoms with Gasteiger partial charge in [0.2, 0.25) is 0 Å². The smallest absolute Gasteiger partial charge is 0.171 e. The molecule has 0 aromatic carbocycles. The number of aromatic nitrogens is 2. The second-order valence-electron chi connectivity index (χ2n) is 10.9. The number of aryl methyl sites for hydroxylation is 1. The van der Waals surface area contributed by atoms with Crippen molar-refractivity contribution < 1.29 is 9.67 Å². The van der Waals surface area contributed by atoms with E-state index in [0.717, 1.165) is 19.3 Å². The monoisotopic (exact) mass is 397 g/mol. The number of aliphatic hydroxyl groups is 1. The first kappa shape index (κ1) is 23.5. The Kier molecular flexibility index (Phi) is 7.62. The van der Waals surface area contributed by atoms with Crippen LogP contribution in [0.2, 0.25) is 0 Å². The van der Waals surface area contributed by atoms with Crippen molar-refractivity contribution in [1.29, 1.82) is 0 Å². The fraction of sp³-hybridized carbons (Fsp3) is 0.615. The van der Waals surface area contributed by atoms with Gasteiger partial charge < -0.3 is 5.11 Å². The third-order valence-electron chi connectivity index (χ3n) is 6.90. The lowest BCUT2D eigenvalue weighted by atomic mass is 9.55. The highest BCUT2D eigenvalue weighted by Crippen LogP contribution is 2.54. The maximum absolute atomic E-state index is 9.09. The number of pyridine rings is 2. The van der Waals surface area contributed by atoms with E-state index in [1.807, 2.05) is 17.0 Å². The summed E-state index contributed by atoms with van der Waals surface area (Å²) in [5.41, 5.74) is 3.33. The summed E-state index contributed by atoms with van der Waals surface area (Å²) in [6.07, 6.45) is 11.4. The third kappa shape index (κ3) is 6.37. The van der Waals surface area contributed by atoms with Gasteiger partial charge in [0.25, 0.3) is 0 Å². The van der Waals surface area contributed by atoms with Gasteiger partial charge in [0.15, 0.2) is 18.9 Å². The molecule has 0 spiro atoms. The maximum atomic E-state index is 9.09. The summed E-state index contributed by atoms with van der Waals surface area (Å²) in [5.74, 6) is 0.475. The molecular weight excluding hydrogens is 356 g/mol. The maximum Gasteiger partial charge on any atom is 0.171 e. The van der Waals surface area contributed by atoms with Crippen LogP contribution in [-0.4, -0.2) is 16.7 Å². The third-order valence-corrected chi connectivity index (χ3v) is 6.90. The minimum atomic E-state index is 0.132. The van der Waals surface area contributed by atoms with Crippen molar-refractivity contribution >= 4 is 0 Å². The molecule has 3 nitrogen and oxygen atoms in total. The van der Waals surface area contributed by atoms with Crippen LogP contribution >= 0.6 is 0 Å². The van der Waals surface area contributed by atoms with Gasteiger partial charge >= 0.3 is 0 Å². The second-order valence-corrected chi connectivity index (χ2v) is 10.9. The van der Waals surface area contributed by atoms with E-state index in [1.54, 1.807) is 0 Å². The summed E-state index contributed by atoms with van der Waals surface area (Å²) in [6, 6.07) is 8.78. The van der Waals surface area contributed by atoms with Crippen molar-refractivity contribution in [3.05, 3.63) is 60.2 Å². The SMILES string of the molecule is CC(C)(C)CC(c1ccncc1)C(C)(C)C(C)(C)CCc1cc[n+](CCO)cc1. The lowest BCUT2D eigenvalue weighted by molar-refractivity contribution is -0.698. The molecule has 2 rings (SSSR count). The van der Waals surface area contributed by atoms with E-state index in [2.05, 4.69) is 90.1 Å². The Hall–Kier alpha value is -1.74. The van der Waals surface area contributed by atoms with Crippen molar-refractivity contribution in [3.63, 3.8) is 0 Å². The van der Waals surface area contributed by atoms with Crippen molar-refractivity contribution in [3.8, 4) is 0 Å². The summed E-state index contributed by atoms with van der Waals surface area (Å²) in [6.45, 7) is 17.6. The van der Waals surface area contributed by atoms with Crippen LogP contribution in [0.5, 0.6) is 0 Å². The van der Waals surface area contributed by atoms with E-state index in [9.17, 15) is 0 Å². The predicted octanol–water partition coefficient (Wildman–Crippen LogP) is 5.57. The van der Waals surface area contributed by atoms with Gasteiger partial charge in [0.05, 0.1) is 0 Å². The van der Waals surface area contributed by atoms with Crippen molar-refractivity contribution in [2.24, 2.45) is 16.2 Å². The van der Waals surface area contributed by atoms with E-state index in [1.165, 1.54) is 11.1 Å². The lowest BCUT2D eigenvalue weighted by Crippen LogP contribution is -2.40. The number of aliphatic hydroxyl groups excluding tert-OH is 1. The second kappa shape index (κ2) is 9.38. The van der Waals surface area contributed by atoms with Crippen LogP contribution in [0.15, 0.2) is 49.1 Å². The lowest BCUT2D eigenvalue weighted by Gasteiger charge is -2.49. The van der Waals surface area contributed by atoms with Crippen LogP contribution in [0.1, 0.15) is 78.4 Å². The largest absolute Gasteiger partial charge is 0.390 e. The first-order chi connectivity index (χ1) is 13.5. The van der Waals surface area contributed by atoms with Crippen LogP contribution < -0.4 is 4.57 Å². The van der Waals surface area contributed by atoms with Crippen molar-refractivity contribution in [2.75, 3.05) is 6.61 Å². The van der Waals surface area contributed by atoms with Crippen molar-refractivity contribution in [1.82, 2.24) is 4.98 Å². The Morgan fingerprint density at radius 3 is 2.03 bits per heavy atom. The number of hydrogen-bond donors (Lipinski definition) is 1. The molecule has 1 unspecified atom stereocenters. The Bertz CT molecular complexity index is 743. The van der Waals surface area contributed by atoms with Crippen molar-refractivity contribution in [2.45, 2.75) is 80.2 Å². The molecule has 1 N–H and O–H groups in total. The molecule has 0 radical (unpaired) electrons. The van der Waals surface area contributed by atoms with E-state index in [-0.39, 0.29) is 22.9 Å². The molecule has 3 heteroatoms. The minimum absolute atomic E-state index is 0.132. The molecule has 0 saturated carbocycles. The van der Waals surface area contributed by atoms with E-state index >= 15 is 0 Å². The average molecular weight is 398 g/mol. The van der Waals surface area contributed by atoms with Crippen LogP contribution in [0.4, 0.5) is 0 Å². The Morgan fingerprint density at radius 2 is 1.52 bits per heavy atom. The summed E-state index contributed by atoms with van der Waals surface area (Å²) in [4.78, 5) is 4.25. The normalized spacial score (nSPS) is 14.1. The highest BCUT2D eigenvalue weighted by Gasteiger charge is 2.44. The first-order valence-corrected chi connectivity index (χ1v) is 10.9. The quantitative estimate of drug-likeness (QED) is 0.562. The Balaban J connectivity index is 2.21. The molecule has 29 heavy (non-hydrogen) atoms. The highest BCUT2D eigenvalue weighted by molar-refractivity contribution is 5.21. The Morgan fingerprint density at radius 1 is 0.931 bits per heavy atom. The van der Waals surface area contributed by atoms with Gasteiger partial charge in [-0.25, -0.2) is 4.57 Å². The number of hydrogen-bond acceptors (Lipinski definition) is 2. The topological polar surface area (TPSA) is 37.0 Å². The zero-order valence-electron chi connectivity index (χ0n) is 19.6. The summed E-state index contributed by atoms with van der Waals surface area (Å²) in [7, 11) is 0. The van der Waals surface area contributed by atoms with Gasteiger partial charge in [0.1, 0.15) is 6.61 Å². The standard InChI is InChI=1S/C26H41N2O/c1-24(2,3)20-23(22-9-14-27-15-10-22)26(6,7)25(4,5)13-8-21-11-16-28(17-12-21)18-19-29/h9-12,14-17,23,29H,8,13,18-20H2,1-7H3/q+1. The fourth-order valence-electron chi connectivity index (χ4n) is 4.17. The molecule has 0 amide bonds. The summed E-state index contributed by atoms with van der Waals surface area (Å²) < 4.78 is 2.03. The molecule has 0 aliphatic rings. The van der Waals surface area contributed by atoms with Crippen LogP contribution in [-0.2, 0) is 13.0 Å². The zero-order valence-corrected chi connectivity index (χ0v) is 19.6. The van der Waals surface area contributed by atoms with Gasteiger partial charge in [-0.3, -0.25) is 4.98 Å².